The average molecular weight is 348 g/mol. The van der Waals surface area contributed by atoms with Gasteiger partial charge in [-0.1, -0.05) is 17.7 Å². The molecular weight excluding hydrogens is 318 g/mol. The number of carbonyl (C=O) groups is 1. The van der Waals surface area contributed by atoms with Crippen LogP contribution in [-0.2, 0) is 0 Å². The number of likely N-dealkylation sites (tertiary alicyclic amines) is 1. The number of aryl methyl sites for hydroxylation is 1. The number of thioether (sulfide) groups is 1. The van der Waals surface area contributed by atoms with Gasteiger partial charge in [-0.3, -0.25) is 0 Å². The Morgan fingerprint density at radius 2 is 2.17 bits per heavy atom. The lowest BCUT2D eigenvalue weighted by Gasteiger charge is -2.39. The van der Waals surface area contributed by atoms with E-state index < -0.39 is 0 Å². The number of nitrogens with one attached hydrogen (secondary N) is 2. The fourth-order valence-corrected chi connectivity index (χ4v) is 4.58. The predicted molar refractivity (Wildman–Crippen MR) is 101 cm³/mol. The Balaban J connectivity index is 1.34. The summed E-state index contributed by atoms with van der Waals surface area (Å²) in [6, 6.07) is 8.76. The Kier molecular flexibility index (Phi) is 6.06. The van der Waals surface area contributed by atoms with Crippen LogP contribution in [0.4, 0.5) is 4.79 Å². The maximum absolute atomic E-state index is 12.4. The number of amides is 2. The zero-order chi connectivity index (χ0) is 16.8. The monoisotopic (exact) mass is 347 g/mol. The molecule has 132 valence electrons. The molecule has 2 heterocycles. The predicted octanol–water partition coefficient (Wildman–Crippen LogP) is 3.26. The van der Waals surface area contributed by atoms with Crippen LogP contribution in [0.2, 0.25) is 0 Å². The molecule has 2 aliphatic rings. The molecule has 4 nitrogen and oxygen atoms in total. The van der Waals surface area contributed by atoms with Crippen LogP contribution in [0, 0.1) is 12.3 Å². The third-order valence-electron chi connectivity index (χ3n) is 5.17. The van der Waals surface area contributed by atoms with Crippen LogP contribution in [0.15, 0.2) is 29.2 Å². The van der Waals surface area contributed by atoms with Gasteiger partial charge in [0.25, 0.3) is 0 Å². The maximum Gasteiger partial charge on any atom is 0.317 e. The molecule has 1 atom stereocenters. The Hall–Kier alpha value is -1.20. The first-order valence-corrected chi connectivity index (χ1v) is 10.1. The fourth-order valence-electron chi connectivity index (χ4n) is 3.73. The van der Waals surface area contributed by atoms with Crippen molar-refractivity contribution in [2.45, 2.75) is 37.5 Å². The Labute approximate surface area is 149 Å². The average Bonchev–Trinajstić information content (AvgIpc) is 3.03. The molecule has 1 spiro atoms. The zero-order valence-corrected chi connectivity index (χ0v) is 15.5. The second kappa shape index (κ2) is 8.26. The molecule has 1 unspecified atom stereocenters. The number of piperidine rings is 1. The number of rotatable bonds is 5. The van der Waals surface area contributed by atoms with Crippen LogP contribution in [-0.4, -0.2) is 49.4 Å². The summed E-state index contributed by atoms with van der Waals surface area (Å²) in [7, 11) is 0. The Bertz CT molecular complexity index is 540. The fraction of sp³-hybridized carbons (Fsp3) is 0.632. The van der Waals surface area contributed by atoms with Crippen molar-refractivity contribution in [1.29, 1.82) is 0 Å². The Morgan fingerprint density at radius 1 is 1.33 bits per heavy atom. The topological polar surface area (TPSA) is 44.4 Å². The van der Waals surface area contributed by atoms with E-state index in [9.17, 15) is 4.79 Å². The second-order valence-electron chi connectivity index (χ2n) is 7.20. The lowest BCUT2D eigenvalue weighted by atomic mass is 9.79. The van der Waals surface area contributed by atoms with Crippen molar-refractivity contribution in [3.8, 4) is 0 Å². The summed E-state index contributed by atoms with van der Waals surface area (Å²) in [5, 5.41) is 6.57. The number of urea groups is 1. The van der Waals surface area contributed by atoms with E-state index in [0.717, 1.165) is 51.3 Å². The number of hydrogen-bond donors (Lipinski definition) is 2. The van der Waals surface area contributed by atoms with Gasteiger partial charge in [0.05, 0.1) is 0 Å². The molecule has 1 aromatic rings. The largest absolute Gasteiger partial charge is 0.338 e. The minimum atomic E-state index is 0.126. The molecule has 2 fully saturated rings. The van der Waals surface area contributed by atoms with Crippen LogP contribution in [0.5, 0.6) is 0 Å². The summed E-state index contributed by atoms with van der Waals surface area (Å²) < 4.78 is 0. The van der Waals surface area contributed by atoms with Gasteiger partial charge in [-0.25, -0.2) is 4.79 Å². The summed E-state index contributed by atoms with van der Waals surface area (Å²) in [6.07, 6.45) is 4.62. The second-order valence-corrected chi connectivity index (χ2v) is 8.37. The molecule has 3 rings (SSSR count). The normalized spacial score (nSPS) is 23.6. The van der Waals surface area contributed by atoms with E-state index in [0.29, 0.717) is 5.41 Å². The van der Waals surface area contributed by atoms with Crippen molar-refractivity contribution in [2.75, 3.05) is 38.5 Å². The van der Waals surface area contributed by atoms with E-state index in [2.05, 4.69) is 41.8 Å². The zero-order valence-electron chi connectivity index (χ0n) is 14.6. The van der Waals surface area contributed by atoms with Crippen molar-refractivity contribution in [2.24, 2.45) is 5.41 Å². The van der Waals surface area contributed by atoms with Gasteiger partial charge >= 0.3 is 6.03 Å². The SMILES string of the molecule is Cc1ccc(SCCCNC(=O)N2CCCC3(CCNC3)C2)cc1. The van der Waals surface area contributed by atoms with Gasteiger partial charge in [0, 0.05) is 36.5 Å². The maximum atomic E-state index is 12.4. The van der Waals surface area contributed by atoms with Crippen molar-refractivity contribution in [1.82, 2.24) is 15.5 Å². The van der Waals surface area contributed by atoms with Crippen LogP contribution in [0.1, 0.15) is 31.2 Å². The molecule has 2 saturated heterocycles. The van der Waals surface area contributed by atoms with E-state index in [1.165, 1.54) is 23.3 Å². The van der Waals surface area contributed by atoms with Gasteiger partial charge in [-0.05, 0) is 57.0 Å². The highest BCUT2D eigenvalue weighted by atomic mass is 32.2. The van der Waals surface area contributed by atoms with E-state index in [-0.39, 0.29) is 6.03 Å². The third-order valence-corrected chi connectivity index (χ3v) is 6.27. The molecule has 0 bridgehead atoms. The first kappa shape index (κ1) is 17.6. The van der Waals surface area contributed by atoms with Crippen molar-refractivity contribution in [3.05, 3.63) is 29.8 Å². The van der Waals surface area contributed by atoms with Crippen molar-refractivity contribution in [3.63, 3.8) is 0 Å². The summed E-state index contributed by atoms with van der Waals surface area (Å²) in [6.45, 7) is 6.88. The number of carbonyl (C=O) groups excluding carboxylic acids is 1. The summed E-state index contributed by atoms with van der Waals surface area (Å²) in [4.78, 5) is 15.7. The number of benzene rings is 1. The standard InChI is InChI=1S/C19H29N3OS/c1-16-4-6-17(7-5-16)24-13-3-10-21-18(23)22-12-2-8-19(15-22)9-11-20-14-19/h4-7,20H,2-3,8-15H2,1H3,(H,21,23). The minimum absolute atomic E-state index is 0.126. The first-order valence-electron chi connectivity index (χ1n) is 9.10. The summed E-state index contributed by atoms with van der Waals surface area (Å²) >= 11 is 1.86. The van der Waals surface area contributed by atoms with Gasteiger partial charge in [-0.2, -0.15) is 0 Å². The van der Waals surface area contributed by atoms with E-state index in [1.807, 2.05) is 16.7 Å². The van der Waals surface area contributed by atoms with Gasteiger partial charge in [0.15, 0.2) is 0 Å². The molecule has 5 heteroatoms. The first-order chi connectivity index (χ1) is 11.7. The molecule has 0 aliphatic carbocycles. The van der Waals surface area contributed by atoms with Gasteiger partial charge in [0.1, 0.15) is 0 Å². The number of hydrogen-bond acceptors (Lipinski definition) is 3. The molecule has 0 radical (unpaired) electrons. The quantitative estimate of drug-likeness (QED) is 0.635. The third kappa shape index (κ3) is 4.67. The molecule has 1 aromatic carbocycles. The molecule has 0 aromatic heterocycles. The lowest BCUT2D eigenvalue weighted by Crippen LogP contribution is -2.50. The smallest absolute Gasteiger partial charge is 0.317 e. The van der Waals surface area contributed by atoms with E-state index >= 15 is 0 Å². The van der Waals surface area contributed by atoms with E-state index in [4.69, 9.17) is 0 Å². The molecular formula is C19H29N3OS. The number of nitrogens with zero attached hydrogens (tertiary/aromatic N) is 1. The molecule has 24 heavy (non-hydrogen) atoms. The summed E-state index contributed by atoms with van der Waals surface area (Å²) in [5.74, 6) is 1.04. The lowest BCUT2D eigenvalue weighted by molar-refractivity contribution is 0.118. The molecule has 2 N–H and O–H groups in total. The summed E-state index contributed by atoms with van der Waals surface area (Å²) in [5.41, 5.74) is 1.64. The van der Waals surface area contributed by atoms with Gasteiger partial charge in [-0.15, -0.1) is 11.8 Å². The Morgan fingerprint density at radius 3 is 2.92 bits per heavy atom. The molecule has 2 aliphatic heterocycles. The minimum Gasteiger partial charge on any atom is -0.338 e. The highest BCUT2D eigenvalue weighted by Crippen LogP contribution is 2.35. The van der Waals surface area contributed by atoms with Crippen molar-refractivity contribution < 1.29 is 4.79 Å². The van der Waals surface area contributed by atoms with Gasteiger partial charge < -0.3 is 15.5 Å². The van der Waals surface area contributed by atoms with Crippen molar-refractivity contribution >= 4 is 17.8 Å². The molecule has 2 amide bonds. The van der Waals surface area contributed by atoms with Crippen LogP contribution in [0.3, 0.4) is 0 Å². The van der Waals surface area contributed by atoms with E-state index in [1.54, 1.807) is 0 Å². The van der Waals surface area contributed by atoms with Gasteiger partial charge in [0.2, 0.25) is 0 Å². The van der Waals surface area contributed by atoms with Crippen LogP contribution < -0.4 is 10.6 Å². The highest BCUT2D eigenvalue weighted by molar-refractivity contribution is 7.99. The molecule has 0 saturated carbocycles. The highest BCUT2D eigenvalue weighted by Gasteiger charge is 2.39. The van der Waals surface area contributed by atoms with Crippen LogP contribution in [0.25, 0.3) is 0 Å². The van der Waals surface area contributed by atoms with Crippen LogP contribution >= 0.6 is 11.8 Å².